The molecule has 1 aliphatic carbocycles. The molecule has 2 aliphatic rings. The zero-order chi connectivity index (χ0) is 27.9. The number of ether oxygens (including phenoxy) is 2. The van der Waals surface area contributed by atoms with E-state index in [0.717, 1.165) is 81.5 Å². The van der Waals surface area contributed by atoms with Gasteiger partial charge in [-0.3, -0.25) is 14.7 Å². The second kappa shape index (κ2) is 13.0. The first-order valence-electron chi connectivity index (χ1n) is 13.7. The highest BCUT2D eigenvalue weighted by Crippen LogP contribution is 2.29. The van der Waals surface area contributed by atoms with Gasteiger partial charge in [0, 0.05) is 43.5 Å². The monoisotopic (exact) mass is 549 g/mol. The Labute approximate surface area is 233 Å². The number of halogens is 1. The van der Waals surface area contributed by atoms with Crippen LogP contribution in [-0.2, 0) is 4.74 Å². The highest BCUT2D eigenvalue weighted by molar-refractivity contribution is 5.98. The Bertz CT molecular complexity index is 1320. The lowest BCUT2D eigenvalue weighted by atomic mass is 9.91. The summed E-state index contributed by atoms with van der Waals surface area (Å²) in [6.07, 6.45) is 7.09. The van der Waals surface area contributed by atoms with Crippen LogP contribution in [0.1, 0.15) is 36.0 Å². The van der Waals surface area contributed by atoms with Gasteiger partial charge in [-0.15, -0.1) is 0 Å². The molecule has 6 N–H and O–H groups in total. The number of nitrogens with zero attached hydrogens (tertiary/aromatic N) is 3. The third kappa shape index (κ3) is 7.04. The van der Waals surface area contributed by atoms with Gasteiger partial charge in [0.2, 0.25) is 0 Å². The Kier molecular flexibility index (Phi) is 9.04. The van der Waals surface area contributed by atoms with Gasteiger partial charge in [-0.25, -0.2) is 9.37 Å². The molecule has 0 bridgehead atoms. The number of carbonyl (C=O) groups is 1. The van der Waals surface area contributed by atoms with Crippen LogP contribution in [0.4, 0.5) is 21.7 Å². The number of rotatable bonds is 10. The van der Waals surface area contributed by atoms with Crippen molar-refractivity contribution < 1.29 is 18.7 Å². The summed E-state index contributed by atoms with van der Waals surface area (Å²) in [4.78, 5) is 23.2. The molecular formula is C29H36FN7O3. The molecule has 3 heterocycles. The molecule has 212 valence electrons. The van der Waals surface area contributed by atoms with E-state index in [1.165, 1.54) is 0 Å². The Morgan fingerprint density at radius 1 is 1.10 bits per heavy atom. The summed E-state index contributed by atoms with van der Waals surface area (Å²) in [6, 6.07) is 10.6. The molecule has 10 nitrogen and oxygen atoms in total. The number of aromatic nitrogens is 2. The summed E-state index contributed by atoms with van der Waals surface area (Å²) in [7, 11) is 0. The van der Waals surface area contributed by atoms with E-state index in [1.54, 1.807) is 12.4 Å². The molecule has 1 amide bonds. The highest BCUT2D eigenvalue weighted by Gasteiger charge is 2.24. The van der Waals surface area contributed by atoms with Gasteiger partial charge >= 0.3 is 0 Å². The minimum absolute atomic E-state index is 0.0286. The predicted molar refractivity (Wildman–Crippen MR) is 152 cm³/mol. The number of pyridine rings is 2. The van der Waals surface area contributed by atoms with Gasteiger partial charge in [0.05, 0.1) is 30.7 Å². The molecule has 1 aromatic carbocycles. The number of benzene rings is 1. The number of hydrogen-bond donors (Lipinski definition) is 4. The van der Waals surface area contributed by atoms with Crippen molar-refractivity contribution in [3.63, 3.8) is 0 Å². The average Bonchev–Trinajstić information content (AvgIpc) is 2.96. The fraction of sp³-hybridized carbons (Fsp3) is 0.414. The first kappa shape index (κ1) is 27.8. The van der Waals surface area contributed by atoms with E-state index >= 15 is 0 Å². The van der Waals surface area contributed by atoms with Crippen molar-refractivity contribution in [2.45, 2.75) is 37.8 Å². The molecule has 0 radical (unpaired) electrons. The number of primary amides is 1. The minimum Gasteiger partial charge on any atom is -0.492 e. The number of morpholine rings is 1. The van der Waals surface area contributed by atoms with Crippen molar-refractivity contribution in [3.8, 4) is 16.9 Å². The van der Waals surface area contributed by atoms with Crippen molar-refractivity contribution in [2.24, 2.45) is 11.5 Å². The summed E-state index contributed by atoms with van der Waals surface area (Å²) < 4.78 is 26.3. The lowest BCUT2D eigenvalue weighted by Gasteiger charge is -2.30. The average molecular weight is 550 g/mol. The zero-order valence-corrected chi connectivity index (χ0v) is 22.4. The molecule has 11 heteroatoms. The van der Waals surface area contributed by atoms with Crippen molar-refractivity contribution >= 4 is 23.2 Å². The summed E-state index contributed by atoms with van der Waals surface area (Å²) in [6.45, 7) is 4.77. The normalized spacial score (nSPS) is 19.6. The van der Waals surface area contributed by atoms with Crippen molar-refractivity contribution in [3.05, 3.63) is 60.2 Å². The second-order valence-electron chi connectivity index (χ2n) is 10.2. The van der Waals surface area contributed by atoms with Crippen molar-refractivity contribution in [1.29, 1.82) is 0 Å². The molecule has 2 fully saturated rings. The van der Waals surface area contributed by atoms with Crippen LogP contribution < -0.4 is 26.8 Å². The van der Waals surface area contributed by atoms with Crippen LogP contribution in [-0.4, -0.2) is 72.3 Å². The third-order valence-corrected chi connectivity index (χ3v) is 7.33. The Morgan fingerprint density at radius 3 is 2.73 bits per heavy atom. The molecule has 1 aliphatic heterocycles. The molecule has 1 saturated carbocycles. The van der Waals surface area contributed by atoms with Crippen LogP contribution in [0.3, 0.4) is 0 Å². The Balaban J connectivity index is 1.31. The largest absolute Gasteiger partial charge is 0.492 e. The summed E-state index contributed by atoms with van der Waals surface area (Å²) >= 11 is 0. The zero-order valence-electron chi connectivity index (χ0n) is 22.4. The Morgan fingerprint density at radius 2 is 1.93 bits per heavy atom. The minimum atomic E-state index is -0.791. The standard InChI is InChI=1S/C29H36FN7O3/c30-24-16-23(27(32)38)28(36-29(24)35-26-7-2-1-6-25(26)31)34-21-14-20(17-33-18-21)19-4-3-5-22(15-19)40-13-10-37-8-11-39-12-9-37/h3-5,14-18,25-26H,1-2,6-13,31H2,(H2,32,38)(H2,34,35,36)/t25-,26+/m0/s1. The van der Waals surface area contributed by atoms with Crippen LogP contribution in [0.15, 0.2) is 48.8 Å². The maximum Gasteiger partial charge on any atom is 0.252 e. The topological polar surface area (TPSA) is 141 Å². The van der Waals surface area contributed by atoms with E-state index < -0.39 is 11.7 Å². The fourth-order valence-corrected chi connectivity index (χ4v) is 5.07. The fourth-order valence-electron chi connectivity index (χ4n) is 5.07. The Hall–Kier alpha value is -3.80. The SMILES string of the molecule is NC(=O)c1cc(F)c(N[C@@H]2CCCC[C@@H]2N)nc1Nc1cncc(-c2cccc(OCCN3CCOCC3)c2)c1. The molecular weight excluding hydrogens is 513 g/mol. The molecule has 0 spiro atoms. The van der Waals surface area contributed by atoms with Crippen LogP contribution in [0.5, 0.6) is 5.75 Å². The molecule has 0 unspecified atom stereocenters. The molecule has 1 saturated heterocycles. The van der Waals surface area contributed by atoms with Crippen molar-refractivity contribution in [1.82, 2.24) is 14.9 Å². The van der Waals surface area contributed by atoms with E-state index in [2.05, 4.69) is 25.5 Å². The molecule has 2 aromatic heterocycles. The number of carbonyl (C=O) groups excluding carboxylic acids is 1. The summed E-state index contributed by atoms with van der Waals surface area (Å²) in [5, 5.41) is 6.24. The maximum absolute atomic E-state index is 14.9. The second-order valence-corrected chi connectivity index (χ2v) is 10.2. The number of amides is 1. The van der Waals surface area contributed by atoms with E-state index in [0.29, 0.717) is 12.3 Å². The summed E-state index contributed by atoms with van der Waals surface area (Å²) in [5.74, 6) is -0.520. The quantitative estimate of drug-likeness (QED) is 0.299. The predicted octanol–water partition coefficient (Wildman–Crippen LogP) is 3.52. The van der Waals surface area contributed by atoms with Gasteiger partial charge in [-0.05, 0) is 42.7 Å². The number of nitrogens with two attached hydrogens (primary N) is 2. The number of hydrogen-bond acceptors (Lipinski definition) is 9. The van der Waals surface area contributed by atoms with E-state index in [1.807, 2.05) is 30.3 Å². The van der Waals surface area contributed by atoms with E-state index in [-0.39, 0.29) is 29.3 Å². The van der Waals surface area contributed by atoms with Crippen molar-refractivity contribution in [2.75, 3.05) is 50.1 Å². The van der Waals surface area contributed by atoms with Gasteiger partial charge in [0.25, 0.3) is 5.91 Å². The molecule has 3 aromatic rings. The van der Waals surface area contributed by atoms with Gasteiger partial charge in [0.1, 0.15) is 18.2 Å². The van der Waals surface area contributed by atoms with Gasteiger partial charge in [0.15, 0.2) is 11.6 Å². The van der Waals surface area contributed by atoms with Crippen LogP contribution >= 0.6 is 0 Å². The first-order chi connectivity index (χ1) is 19.5. The first-order valence-corrected chi connectivity index (χ1v) is 13.7. The maximum atomic E-state index is 14.9. The van der Waals surface area contributed by atoms with E-state index in [4.69, 9.17) is 20.9 Å². The van der Waals surface area contributed by atoms with Crippen LogP contribution in [0, 0.1) is 5.82 Å². The van der Waals surface area contributed by atoms with Gasteiger partial charge in [-0.2, -0.15) is 0 Å². The van der Waals surface area contributed by atoms with Gasteiger partial charge < -0.3 is 31.6 Å². The third-order valence-electron chi connectivity index (χ3n) is 7.33. The molecule has 40 heavy (non-hydrogen) atoms. The molecule has 5 rings (SSSR count). The summed E-state index contributed by atoms with van der Waals surface area (Å²) in [5.41, 5.74) is 14.0. The highest BCUT2D eigenvalue weighted by atomic mass is 19.1. The van der Waals surface area contributed by atoms with Gasteiger partial charge in [-0.1, -0.05) is 25.0 Å². The smallest absolute Gasteiger partial charge is 0.252 e. The van der Waals surface area contributed by atoms with Crippen LogP contribution in [0.25, 0.3) is 11.1 Å². The number of nitrogens with one attached hydrogen (secondary N) is 2. The lowest BCUT2D eigenvalue weighted by molar-refractivity contribution is 0.0322. The lowest BCUT2D eigenvalue weighted by Crippen LogP contribution is -2.43. The number of anilines is 3. The van der Waals surface area contributed by atoms with Crippen LogP contribution in [0.2, 0.25) is 0 Å². The van der Waals surface area contributed by atoms with E-state index in [9.17, 15) is 9.18 Å². The molecule has 2 atom stereocenters.